The highest BCUT2D eigenvalue weighted by Crippen LogP contribution is 2.42. The van der Waals surface area contributed by atoms with Crippen molar-refractivity contribution in [1.82, 2.24) is 19.6 Å². The van der Waals surface area contributed by atoms with Crippen molar-refractivity contribution < 1.29 is 27.0 Å². The normalized spacial score (nSPS) is 17.2. The van der Waals surface area contributed by atoms with Gasteiger partial charge >= 0.3 is 6.18 Å². The fraction of sp³-hybridized carbons (Fsp3) is 0.227. The van der Waals surface area contributed by atoms with E-state index < -0.39 is 11.7 Å². The van der Waals surface area contributed by atoms with Crippen LogP contribution in [0.5, 0.6) is 11.5 Å². The molecular weight excluding hydrogens is 442 g/mol. The van der Waals surface area contributed by atoms with E-state index in [4.69, 9.17) is 9.47 Å². The molecule has 1 aromatic carbocycles. The van der Waals surface area contributed by atoms with E-state index in [1.165, 1.54) is 18.5 Å². The molecule has 5 heterocycles. The molecular formula is C22H15F4N5O2. The van der Waals surface area contributed by atoms with E-state index in [2.05, 4.69) is 20.5 Å². The number of nitrogens with zero attached hydrogens (tertiary/aromatic N) is 4. The molecule has 0 amide bonds. The van der Waals surface area contributed by atoms with Crippen LogP contribution >= 0.6 is 0 Å². The molecule has 4 aromatic rings. The van der Waals surface area contributed by atoms with E-state index in [0.29, 0.717) is 40.7 Å². The Morgan fingerprint density at radius 2 is 1.88 bits per heavy atom. The number of halogens is 4. The molecule has 0 radical (unpaired) electrons. The Hall–Kier alpha value is -3.89. The number of hydrogen-bond acceptors (Lipinski definition) is 6. The minimum atomic E-state index is -4.49. The van der Waals surface area contributed by atoms with Crippen LogP contribution in [0.1, 0.15) is 22.6 Å². The smallest absolute Gasteiger partial charge is 0.417 e. The van der Waals surface area contributed by atoms with Crippen molar-refractivity contribution in [2.75, 3.05) is 18.5 Å². The quantitative estimate of drug-likeness (QED) is 0.427. The van der Waals surface area contributed by atoms with Gasteiger partial charge in [-0.05, 0) is 30.3 Å². The topological polar surface area (TPSA) is 73.6 Å². The molecule has 0 aliphatic carbocycles. The second-order valence-corrected chi connectivity index (χ2v) is 7.84. The molecule has 0 unspecified atom stereocenters. The zero-order valence-corrected chi connectivity index (χ0v) is 16.9. The SMILES string of the molecule is Fc1ccc2c3c1CNc1c(cc(-c4ccc(C(F)(F)F)cn4)c4nncn14)OC[C@@H]3CO2. The number of aromatic nitrogens is 4. The number of alkyl halides is 3. The Labute approximate surface area is 184 Å². The summed E-state index contributed by atoms with van der Waals surface area (Å²) in [5, 5.41) is 11.3. The number of ether oxygens (including phenoxy) is 2. The zero-order chi connectivity index (χ0) is 22.7. The van der Waals surface area contributed by atoms with Crippen LogP contribution in [0, 0.1) is 5.82 Å². The molecule has 1 N–H and O–H groups in total. The Kier molecular flexibility index (Phi) is 4.23. The molecule has 168 valence electrons. The van der Waals surface area contributed by atoms with Crippen molar-refractivity contribution in [1.29, 1.82) is 0 Å². The van der Waals surface area contributed by atoms with Crippen LogP contribution < -0.4 is 14.8 Å². The third-order valence-corrected chi connectivity index (χ3v) is 5.89. The number of fused-ring (bicyclic) bond motifs is 3. The first kappa shape index (κ1) is 19.8. The second-order valence-electron chi connectivity index (χ2n) is 7.84. The Balaban J connectivity index is 1.46. The summed E-state index contributed by atoms with van der Waals surface area (Å²) in [6.45, 7) is 0.769. The van der Waals surface area contributed by atoms with Crippen molar-refractivity contribution in [2.45, 2.75) is 18.6 Å². The van der Waals surface area contributed by atoms with Gasteiger partial charge in [-0.1, -0.05) is 0 Å². The molecule has 33 heavy (non-hydrogen) atoms. The molecule has 6 rings (SSSR count). The van der Waals surface area contributed by atoms with Gasteiger partial charge in [-0.15, -0.1) is 10.2 Å². The first-order chi connectivity index (χ1) is 15.9. The maximum atomic E-state index is 14.7. The van der Waals surface area contributed by atoms with Crippen LogP contribution in [-0.4, -0.2) is 32.8 Å². The maximum Gasteiger partial charge on any atom is 0.417 e. The molecule has 0 spiro atoms. The molecule has 0 saturated carbocycles. The van der Waals surface area contributed by atoms with Gasteiger partial charge in [0.25, 0.3) is 0 Å². The predicted octanol–water partition coefficient (Wildman–Crippen LogP) is 4.43. The lowest BCUT2D eigenvalue weighted by molar-refractivity contribution is -0.137. The molecule has 11 heteroatoms. The van der Waals surface area contributed by atoms with Gasteiger partial charge in [-0.25, -0.2) is 4.39 Å². The molecule has 1 atom stereocenters. The number of benzene rings is 1. The van der Waals surface area contributed by atoms with Crippen LogP contribution in [-0.2, 0) is 12.7 Å². The Morgan fingerprint density at radius 1 is 1.06 bits per heavy atom. The van der Waals surface area contributed by atoms with Gasteiger partial charge in [0, 0.05) is 29.4 Å². The van der Waals surface area contributed by atoms with Gasteiger partial charge in [0.2, 0.25) is 0 Å². The van der Waals surface area contributed by atoms with Gasteiger partial charge in [-0.2, -0.15) is 13.2 Å². The largest absolute Gasteiger partial charge is 0.493 e. The predicted molar refractivity (Wildman–Crippen MR) is 109 cm³/mol. The maximum absolute atomic E-state index is 14.7. The summed E-state index contributed by atoms with van der Waals surface area (Å²) >= 11 is 0. The fourth-order valence-electron chi connectivity index (χ4n) is 4.29. The number of hydrogen-bond donors (Lipinski definition) is 1. The molecule has 3 aromatic heterocycles. The Morgan fingerprint density at radius 3 is 2.64 bits per heavy atom. The molecule has 2 aliphatic rings. The van der Waals surface area contributed by atoms with Gasteiger partial charge in [0.15, 0.2) is 17.2 Å². The average molecular weight is 457 g/mol. The monoisotopic (exact) mass is 457 g/mol. The van der Waals surface area contributed by atoms with Gasteiger partial charge in [-0.3, -0.25) is 9.38 Å². The number of rotatable bonds is 1. The summed E-state index contributed by atoms with van der Waals surface area (Å²) in [6.07, 6.45) is -2.25. The summed E-state index contributed by atoms with van der Waals surface area (Å²) in [4.78, 5) is 3.99. The molecule has 2 aliphatic heterocycles. The van der Waals surface area contributed by atoms with Crippen molar-refractivity contribution in [2.24, 2.45) is 0 Å². The van der Waals surface area contributed by atoms with Crippen molar-refractivity contribution in [3.8, 4) is 22.8 Å². The standard InChI is InChI=1S/C22H15F4N5O2/c23-15-2-4-17-19-11(8-32-17)9-33-18-5-13(16-3-1-12(6-27-16)22(24,25)26)20-30-29-10-31(20)21(18)28-7-14(15)19/h1-6,10-11,28H,7-9H2/t11-/m0/s1. The van der Waals surface area contributed by atoms with Crippen LogP contribution in [0.15, 0.2) is 42.9 Å². The van der Waals surface area contributed by atoms with E-state index >= 15 is 0 Å². The van der Waals surface area contributed by atoms with Crippen LogP contribution in [0.25, 0.3) is 16.9 Å². The lowest BCUT2D eigenvalue weighted by Gasteiger charge is -2.16. The third kappa shape index (κ3) is 3.14. The van der Waals surface area contributed by atoms with Crippen molar-refractivity contribution in [3.63, 3.8) is 0 Å². The number of nitrogens with one attached hydrogen (secondary N) is 1. The minimum Gasteiger partial charge on any atom is -0.493 e. The highest BCUT2D eigenvalue weighted by Gasteiger charge is 2.33. The second kappa shape index (κ2) is 7.06. The van der Waals surface area contributed by atoms with E-state index in [1.54, 1.807) is 16.5 Å². The number of pyridine rings is 2. The van der Waals surface area contributed by atoms with Crippen molar-refractivity contribution >= 4 is 11.5 Å². The molecule has 0 bridgehead atoms. The van der Waals surface area contributed by atoms with Gasteiger partial charge < -0.3 is 14.8 Å². The van der Waals surface area contributed by atoms with E-state index in [1.807, 2.05) is 0 Å². The fourth-order valence-corrected chi connectivity index (χ4v) is 4.29. The summed E-state index contributed by atoms with van der Waals surface area (Å²) in [6, 6.07) is 6.90. The molecule has 7 nitrogen and oxygen atoms in total. The first-order valence-electron chi connectivity index (χ1n) is 10.1. The molecule has 0 fully saturated rings. The molecule has 0 saturated heterocycles. The van der Waals surface area contributed by atoms with E-state index in [0.717, 1.165) is 17.8 Å². The summed E-state index contributed by atoms with van der Waals surface area (Å²) in [5.41, 5.74) is 1.54. The van der Waals surface area contributed by atoms with Crippen LogP contribution in [0.2, 0.25) is 0 Å². The summed E-state index contributed by atoms with van der Waals surface area (Å²) in [5.74, 6) is 1.05. The van der Waals surface area contributed by atoms with E-state index in [-0.39, 0.29) is 30.6 Å². The van der Waals surface area contributed by atoms with Gasteiger partial charge in [0.1, 0.15) is 17.9 Å². The van der Waals surface area contributed by atoms with E-state index in [9.17, 15) is 17.6 Å². The average Bonchev–Trinajstić information content (AvgIpc) is 3.44. The van der Waals surface area contributed by atoms with Gasteiger partial charge in [0.05, 0.1) is 30.4 Å². The number of anilines is 1. The van der Waals surface area contributed by atoms with Crippen LogP contribution in [0.4, 0.5) is 23.4 Å². The highest BCUT2D eigenvalue weighted by molar-refractivity contribution is 5.80. The Bertz CT molecular complexity index is 1380. The highest BCUT2D eigenvalue weighted by atomic mass is 19.4. The summed E-state index contributed by atoms with van der Waals surface area (Å²) in [7, 11) is 0. The minimum absolute atomic E-state index is 0.164. The first-order valence-corrected chi connectivity index (χ1v) is 10.1. The summed E-state index contributed by atoms with van der Waals surface area (Å²) < 4.78 is 67.0. The zero-order valence-electron chi connectivity index (χ0n) is 16.9. The third-order valence-electron chi connectivity index (χ3n) is 5.89. The lowest BCUT2D eigenvalue weighted by atomic mass is 9.96. The van der Waals surface area contributed by atoms with Crippen LogP contribution in [0.3, 0.4) is 0 Å². The van der Waals surface area contributed by atoms with Crippen molar-refractivity contribution in [3.05, 3.63) is 65.4 Å². The lowest BCUT2D eigenvalue weighted by Crippen LogP contribution is -2.13.